The number of thiazole rings is 1. The van der Waals surface area contributed by atoms with Gasteiger partial charge in [-0.1, -0.05) is 0 Å². The SMILES string of the molecule is Cc1nc(C)c(-c2nnc(-c3ccc(C(=O)O)cc3)o2)s1. The Balaban J connectivity index is 1.94. The maximum Gasteiger partial charge on any atom is 0.335 e. The van der Waals surface area contributed by atoms with Crippen molar-refractivity contribution in [3.63, 3.8) is 0 Å². The molecule has 0 aliphatic carbocycles. The van der Waals surface area contributed by atoms with Crippen LogP contribution in [0.1, 0.15) is 21.1 Å². The lowest BCUT2D eigenvalue weighted by Crippen LogP contribution is -1.94. The van der Waals surface area contributed by atoms with Gasteiger partial charge in [0.1, 0.15) is 4.88 Å². The first kappa shape index (κ1) is 13.4. The van der Waals surface area contributed by atoms with Gasteiger partial charge in [-0.25, -0.2) is 9.78 Å². The summed E-state index contributed by atoms with van der Waals surface area (Å²) in [5, 5.41) is 17.8. The molecule has 0 unspecified atom stereocenters. The molecule has 0 radical (unpaired) electrons. The van der Waals surface area contributed by atoms with Crippen molar-refractivity contribution in [3.05, 3.63) is 40.5 Å². The number of rotatable bonds is 3. The predicted octanol–water partition coefficient (Wildman–Crippen LogP) is 3.18. The van der Waals surface area contributed by atoms with E-state index in [1.54, 1.807) is 12.1 Å². The lowest BCUT2D eigenvalue weighted by atomic mass is 10.1. The minimum atomic E-state index is -0.969. The van der Waals surface area contributed by atoms with Gasteiger partial charge in [0.05, 0.1) is 16.3 Å². The van der Waals surface area contributed by atoms with E-state index in [9.17, 15) is 4.79 Å². The average molecular weight is 301 g/mol. The second kappa shape index (κ2) is 5.10. The van der Waals surface area contributed by atoms with Crippen LogP contribution < -0.4 is 0 Å². The quantitative estimate of drug-likeness (QED) is 0.799. The Morgan fingerprint density at radius 1 is 1.14 bits per heavy atom. The number of carboxylic acids is 1. The first-order chi connectivity index (χ1) is 10.0. The highest BCUT2D eigenvalue weighted by Crippen LogP contribution is 2.30. The molecule has 2 aromatic heterocycles. The number of carboxylic acid groups (broad SMARTS) is 1. The lowest BCUT2D eigenvalue weighted by molar-refractivity contribution is 0.0697. The van der Waals surface area contributed by atoms with Gasteiger partial charge in [0.25, 0.3) is 5.89 Å². The summed E-state index contributed by atoms with van der Waals surface area (Å²) in [6, 6.07) is 6.30. The standard InChI is InChI=1S/C14H11N3O3S/c1-7-11(21-8(2)15-7)13-17-16-12(20-13)9-3-5-10(6-4-9)14(18)19/h3-6H,1-2H3,(H,18,19). The number of carbonyl (C=O) groups is 1. The first-order valence-corrected chi connectivity index (χ1v) is 6.98. The number of hydrogen-bond donors (Lipinski definition) is 1. The molecule has 106 valence electrons. The molecule has 1 aromatic carbocycles. The summed E-state index contributed by atoms with van der Waals surface area (Å²) in [5.74, 6) is -0.189. The van der Waals surface area contributed by atoms with Crippen molar-refractivity contribution >= 4 is 17.3 Å². The predicted molar refractivity (Wildman–Crippen MR) is 77.3 cm³/mol. The van der Waals surface area contributed by atoms with Gasteiger partial charge >= 0.3 is 5.97 Å². The highest BCUT2D eigenvalue weighted by Gasteiger charge is 2.16. The van der Waals surface area contributed by atoms with E-state index < -0.39 is 5.97 Å². The maximum atomic E-state index is 10.8. The van der Waals surface area contributed by atoms with Crippen LogP contribution in [0.15, 0.2) is 28.7 Å². The largest absolute Gasteiger partial charge is 0.478 e. The van der Waals surface area contributed by atoms with E-state index >= 15 is 0 Å². The Labute approximate surface area is 124 Å². The fourth-order valence-electron chi connectivity index (χ4n) is 1.92. The number of hydrogen-bond acceptors (Lipinski definition) is 6. The number of aromatic carboxylic acids is 1. The summed E-state index contributed by atoms with van der Waals surface area (Å²) in [7, 11) is 0. The van der Waals surface area contributed by atoms with Crippen LogP contribution >= 0.6 is 11.3 Å². The summed E-state index contributed by atoms with van der Waals surface area (Å²) in [6.07, 6.45) is 0. The van der Waals surface area contributed by atoms with Gasteiger partial charge in [-0.3, -0.25) is 0 Å². The molecule has 3 rings (SSSR count). The molecule has 21 heavy (non-hydrogen) atoms. The molecular weight excluding hydrogens is 290 g/mol. The van der Waals surface area contributed by atoms with Crippen LogP contribution in [0.4, 0.5) is 0 Å². The van der Waals surface area contributed by atoms with Crippen LogP contribution in [0.2, 0.25) is 0 Å². The molecule has 0 bridgehead atoms. The number of benzene rings is 1. The second-order valence-corrected chi connectivity index (χ2v) is 5.65. The van der Waals surface area contributed by atoms with Crippen molar-refractivity contribution < 1.29 is 14.3 Å². The van der Waals surface area contributed by atoms with Crippen LogP contribution in [-0.4, -0.2) is 26.3 Å². The van der Waals surface area contributed by atoms with Crippen molar-refractivity contribution in [1.29, 1.82) is 0 Å². The minimum Gasteiger partial charge on any atom is -0.478 e. The molecule has 0 saturated carbocycles. The molecule has 0 amide bonds. The van der Waals surface area contributed by atoms with Gasteiger partial charge in [0, 0.05) is 5.56 Å². The number of nitrogens with zero attached hydrogens (tertiary/aromatic N) is 3. The molecule has 3 aromatic rings. The molecule has 0 fully saturated rings. The first-order valence-electron chi connectivity index (χ1n) is 6.16. The summed E-state index contributed by atoms with van der Waals surface area (Å²) in [5.41, 5.74) is 1.75. The number of aryl methyl sites for hydroxylation is 2. The van der Waals surface area contributed by atoms with E-state index in [1.807, 2.05) is 13.8 Å². The monoisotopic (exact) mass is 301 g/mol. The molecule has 0 atom stereocenters. The third-order valence-corrected chi connectivity index (χ3v) is 3.96. The van der Waals surface area contributed by atoms with Crippen molar-refractivity contribution in [2.75, 3.05) is 0 Å². The van der Waals surface area contributed by atoms with Crippen molar-refractivity contribution in [2.24, 2.45) is 0 Å². The number of aromatic nitrogens is 3. The van der Waals surface area contributed by atoms with Gasteiger partial charge in [0.2, 0.25) is 5.89 Å². The second-order valence-electron chi connectivity index (χ2n) is 4.44. The molecule has 0 saturated heterocycles. The zero-order chi connectivity index (χ0) is 15.0. The molecule has 2 heterocycles. The van der Waals surface area contributed by atoms with Crippen molar-refractivity contribution in [2.45, 2.75) is 13.8 Å². The highest BCUT2D eigenvalue weighted by molar-refractivity contribution is 7.15. The molecule has 0 spiro atoms. The fourth-order valence-corrected chi connectivity index (χ4v) is 2.76. The molecule has 1 N–H and O–H groups in total. The molecular formula is C14H11N3O3S. The van der Waals surface area contributed by atoms with Gasteiger partial charge in [-0.15, -0.1) is 21.5 Å². The van der Waals surface area contributed by atoms with Crippen LogP contribution in [0.3, 0.4) is 0 Å². The van der Waals surface area contributed by atoms with E-state index in [2.05, 4.69) is 15.2 Å². The van der Waals surface area contributed by atoms with Crippen LogP contribution in [0.25, 0.3) is 22.2 Å². The topological polar surface area (TPSA) is 89.1 Å². The van der Waals surface area contributed by atoms with E-state index in [1.165, 1.54) is 23.5 Å². The molecule has 6 nitrogen and oxygen atoms in total. The Hall–Kier alpha value is -2.54. The van der Waals surface area contributed by atoms with Gasteiger partial charge in [-0.05, 0) is 38.1 Å². The maximum absolute atomic E-state index is 10.8. The smallest absolute Gasteiger partial charge is 0.335 e. The van der Waals surface area contributed by atoms with E-state index in [0.29, 0.717) is 17.3 Å². The molecule has 0 aliphatic heterocycles. The highest BCUT2D eigenvalue weighted by atomic mass is 32.1. The zero-order valence-corrected chi connectivity index (χ0v) is 12.1. The summed E-state index contributed by atoms with van der Waals surface area (Å²) in [6.45, 7) is 3.81. The van der Waals surface area contributed by atoms with Gasteiger partial charge in [-0.2, -0.15) is 0 Å². The normalized spacial score (nSPS) is 10.8. The Morgan fingerprint density at radius 3 is 2.38 bits per heavy atom. The Kier molecular flexibility index (Phi) is 3.26. The van der Waals surface area contributed by atoms with E-state index in [4.69, 9.17) is 9.52 Å². The molecule has 7 heteroatoms. The minimum absolute atomic E-state index is 0.215. The fraction of sp³-hybridized carbons (Fsp3) is 0.143. The summed E-state index contributed by atoms with van der Waals surface area (Å²) in [4.78, 5) is 16.0. The third-order valence-electron chi connectivity index (χ3n) is 2.90. The Morgan fingerprint density at radius 2 is 1.81 bits per heavy atom. The van der Waals surface area contributed by atoms with E-state index in [-0.39, 0.29) is 5.56 Å². The average Bonchev–Trinajstić information content (AvgIpc) is 3.05. The zero-order valence-electron chi connectivity index (χ0n) is 11.3. The van der Waals surface area contributed by atoms with Crippen molar-refractivity contribution in [3.8, 4) is 22.2 Å². The van der Waals surface area contributed by atoms with Gasteiger partial charge in [0.15, 0.2) is 0 Å². The lowest BCUT2D eigenvalue weighted by Gasteiger charge is -1.96. The third kappa shape index (κ3) is 2.55. The molecule has 0 aliphatic rings. The van der Waals surface area contributed by atoms with Crippen molar-refractivity contribution in [1.82, 2.24) is 15.2 Å². The Bertz CT molecular complexity index is 805. The van der Waals surface area contributed by atoms with Crippen LogP contribution in [0.5, 0.6) is 0 Å². The summed E-state index contributed by atoms with van der Waals surface area (Å²) < 4.78 is 5.65. The van der Waals surface area contributed by atoms with Crippen LogP contribution in [0, 0.1) is 13.8 Å². The van der Waals surface area contributed by atoms with Crippen LogP contribution in [-0.2, 0) is 0 Å². The summed E-state index contributed by atoms with van der Waals surface area (Å²) >= 11 is 1.50. The van der Waals surface area contributed by atoms with E-state index in [0.717, 1.165) is 15.6 Å². The van der Waals surface area contributed by atoms with Gasteiger partial charge < -0.3 is 9.52 Å².